The van der Waals surface area contributed by atoms with Crippen molar-refractivity contribution in [3.8, 4) is 0 Å². The maximum atomic E-state index is 12.6. The van der Waals surface area contributed by atoms with E-state index in [1.807, 2.05) is 37.6 Å². The van der Waals surface area contributed by atoms with Crippen LogP contribution in [0, 0.1) is 0 Å². The standard InChI is InChI=1S/C18H33N5O/c1-13(2)16-15(17(21(4)5)22(6)20-16)12-19-14(3)18(24)23-10-8-7-9-11-23/h13-14,19H,7-12H2,1-6H3. The molecule has 1 aromatic rings. The second-order valence-electron chi connectivity index (χ2n) is 7.35. The van der Waals surface area contributed by atoms with Gasteiger partial charge in [-0.3, -0.25) is 9.48 Å². The third kappa shape index (κ3) is 4.09. The first-order valence-corrected chi connectivity index (χ1v) is 9.08. The number of aryl methyl sites for hydroxylation is 1. The Morgan fingerprint density at radius 3 is 2.38 bits per heavy atom. The van der Waals surface area contributed by atoms with Crippen molar-refractivity contribution in [2.24, 2.45) is 7.05 Å². The second-order valence-corrected chi connectivity index (χ2v) is 7.35. The van der Waals surface area contributed by atoms with Gasteiger partial charge in [0.25, 0.3) is 0 Å². The SMILES string of the molecule is CC(NCc1c(C(C)C)nn(C)c1N(C)C)C(=O)N1CCCCC1. The monoisotopic (exact) mass is 335 g/mol. The van der Waals surface area contributed by atoms with Gasteiger partial charge in [-0.15, -0.1) is 0 Å². The van der Waals surface area contributed by atoms with Crippen LogP contribution in [0.1, 0.15) is 57.2 Å². The highest BCUT2D eigenvalue weighted by Crippen LogP contribution is 2.27. The maximum absolute atomic E-state index is 12.6. The van der Waals surface area contributed by atoms with Crippen molar-refractivity contribution in [3.63, 3.8) is 0 Å². The molecule has 1 fully saturated rings. The van der Waals surface area contributed by atoms with Crippen molar-refractivity contribution in [1.82, 2.24) is 20.0 Å². The van der Waals surface area contributed by atoms with Gasteiger partial charge in [0.2, 0.25) is 5.91 Å². The molecule has 136 valence electrons. The Balaban J connectivity index is 2.08. The van der Waals surface area contributed by atoms with E-state index in [0.717, 1.165) is 37.4 Å². The van der Waals surface area contributed by atoms with Crippen molar-refractivity contribution in [2.75, 3.05) is 32.1 Å². The quantitative estimate of drug-likeness (QED) is 0.865. The molecule has 2 rings (SSSR count). The molecule has 1 unspecified atom stereocenters. The van der Waals surface area contributed by atoms with Crippen LogP contribution in [0.4, 0.5) is 5.82 Å². The van der Waals surface area contributed by atoms with E-state index < -0.39 is 0 Å². The molecule has 6 heteroatoms. The van der Waals surface area contributed by atoms with Crippen LogP contribution in [-0.4, -0.2) is 53.8 Å². The van der Waals surface area contributed by atoms with Crippen molar-refractivity contribution in [1.29, 1.82) is 0 Å². The molecule has 24 heavy (non-hydrogen) atoms. The Kier molecular flexibility index (Phi) is 6.27. The molecule has 0 radical (unpaired) electrons. The number of nitrogens with zero attached hydrogens (tertiary/aromatic N) is 4. The number of aromatic nitrogens is 2. The van der Waals surface area contributed by atoms with Gasteiger partial charge in [0.05, 0.1) is 11.7 Å². The Hall–Kier alpha value is -1.56. The topological polar surface area (TPSA) is 53.4 Å². The molecule has 1 saturated heterocycles. The summed E-state index contributed by atoms with van der Waals surface area (Å²) in [4.78, 5) is 16.7. The van der Waals surface area contributed by atoms with E-state index >= 15 is 0 Å². The zero-order valence-electron chi connectivity index (χ0n) is 16.1. The number of carbonyl (C=O) groups is 1. The minimum Gasteiger partial charge on any atom is -0.363 e. The van der Waals surface area contributed by atoms with Gasteiger partial charge in [-0.25, -0.2) is 0 Å². The summed E-state index contributed by atoms with van der Waals surface area (Å²) in [6, 6.07) is -0.168. The van der Waals surface area contributed by atoms with Gasteiger partial charge >= 0.3 is 0 Å². The highest BCUT2D eigenvalue weighted by molar-refractivity contribution is 5.81. The van der Waals surface area contributed by atoms with Gasteiger partial charge in [0, 0.05) is 46.3 Å². The zero-order valence-corrected chi connectivity index (χ0v) is 16.1. The summed E-state index contributed by atoms with van der Waals surface area (Å²) >= 11 is 0. The minimum atomic E-state index is -0.168. The number of piperidine rings is 1. The number of anilines is 1. The lowest BCUT2D eigenvalue weighted by molar-refractivity contribution is -0.133. The summed E-state index contributed by atoms with van der Waals surface area (Å²) in [6.07, 6.45) is 3.50. The normalized spacial score (nSPS) is 16.5. The number of likely N-dealkylation sites (tertiary alicyclic amines) is 1. The molecule has 0 spiro atoms. The van der Waals surface area contributed by atoms with Gasteiger partial charge < -0.3 is 15.1 Å². The fourth-order valence-corrected chi connectivity index (χ4v) is 3.50. The lowest BCUT2D eigenvalue weighted by atomic mass is 10.0. The summed E-state index contributed by atoms with van der Waals surface area (Å²) < 4.78 is 1.93. The van der Waals surface area contributed by atoms with Crippen molar-refractivity contribution in [2.45, 2.75) is 58.5 Å². The van der Waals surface area contributed by atoms with Crippen molar-refractivity contribution < 1.29 is 4.79 Å². The molecular weight excluding hydrogens is 302 g/mol. The third-order valence-electron chi connectivity index (χ3n) is 4.74. The summed E-state index contributed by atoms with van der Waals surface area (Å²) in [5.41, 5.74) is 2.29. The van der Waals surface area contributed by atoms with Gasteiger partial charge in [-0.1, -0.05) is 13.8 Å². The number of nitrogens with one attached hydrogen (secondary N) is 1. The number of carbonyl (C=O) groups excluding carboxylic acids is 1. The fourth-order valence-electron chi connectivity index (χ4n) is 3.50. The predicted molar refractivity (Wildman–Crippen MR) is 98.4 cm³/mol. The van der Waals surface area contributed by atoms with Crippen LogP contribution >= 0.6 is 0 Å². The van der Waals surface area contributed by atoms with E-state index in [2.05, 4.69) is 29.2 Å². The maximum Gasteiger partial charge on any atom is 0.239 e. The molecule has 1 aliphatic heterocycles. The van der Waals surface area contributed by atoms with Crippen LogP contribution in [0.5, 0.6) is 0 Å². The summed E-state index contributed by atoms with van der Waals surface area (Å²) in [6.45, 7) is 8.75. The molecule has 1 aromatic heterocycles. The molecule has 6 nitrogen and oxygen atoms in total. The lowest BCUT2D eigenvalue weighted by Gasteiger charge is -2.29. The summed E-state index contributed by atoms with van der Waals surface area (Å²) in [5, 5.41) is 8.11. The number of amides is 1. The smallest absolute Gasteiger partial charge is 0.239 e. The number of hydrogen-bond acceptors (Lipinski definition) is 4. The van der Waals surface area contributed by atoms with E-state index in [9.17, 15) is 4.79 Å². The molecule has 0 aromatic carbocycles. The van der Waals surface area contributed by atoms with Gasteiger partial charge in [-0.05, 0) is 32.1 Å². The molecule has 2 heterocycles. The predicted octanol–water partition coefficient (Wildman–Crippen LogP) is 2.10. The van der Waals surface area contributed by atoms with Crippen LogP contribution in [0.2, 0.25) is 0 Å². The van der Waals surface area contributed by atoms with Crippen molar-refractivity contribution >= 4 is 11.7 Å². The van der Waals surface area contributed by atoms with Gasteiger partial charge in [0.15, 0.2) is 0 Å². The third-order valence-corrected chi connectivity index (χ3v) is 4.74. The van der Waals surface area contributed by atoms with Crippen molar-refractivity contribution in [3.05, 3.63) is 11.3 Å². The first-order valence-electron chi connectivity index (χ1n) is 9.08. The van der Waals surface area contributed by atoms with E-state index in [0.29, 0.717) is 12.5 Å². The molecule has 0 saturated carbocycles. The Morgan fingerprint density at radius 2 is 1.83 bits per heavy atom. The number of hydrogen-bond donors (Lipinski definition) is 1. The highest BCUT2D eigenvalue weighted by atomic mass is 16.2. The lowest BCUT2D eigenvalue weighted by Crippen LogP contribution is -2.46. The Bertz CT molecular complexity index is 558. The average molecular weight is 335 g/mol. The zero-order chi connectivity index (χ0) is 17.9. The highest BCUT2D eigenvalue weighted by Gasteiger charge is 2.24. The minimum absolute atomic E-state index is 0.168. The summed E-state index contributed by atoms with van der Waals surface area (Å²) in [5.74, 6) is 1.68. The summed E-state index contributed by atoms with van der Waals surface area (Å²) in [7, 11) is 6.05. The first-order chi connectivity index (χ1) is 11.3. The number of rotatable bonds is 6. The Morgan fingerprint density at radius 1 is 1.21 bits per heavy atom. The molecule has 1 aliphatic rings. The van der Waals surface area contributed by atoms with Crippen LogP contribution in [0.15, 0.2) is 0 Å². The van der Waals surface area contributed by atoms with Gasteiger partial charge in [0.1, 0.15) is 5.82 Å². The van der Waals surface area contributed by atoms with E-state index in [4.69, 9.17) is 0 Å². The fraction of sp³-hybridized carbons (Fsp3) is 0.778. The molecule has 0 aliphatic carbocycles. The van der Waals surface area contributed by atoms with Gasteiger partial charge in [-0.2, -0.15) is 5.10 Å². The second kappa shape index (κ2) is 8.01. The van der Waals surface area contributed by atoms with E-state index in [-0.39, 0.29) is 11.9 Å². The van der Waals surface area contributed by atoms with E-state index in [1.54, 1.807) is 0 Å². The molecule has 1 N–H and O–H groups in total. The molecule has 0 bridgehead atoms. The average Bonchev–Trinajstić information content (AvgIpc) is 2.89. The van der Waals surface area contributed by atoms with Crippen LogP contribution in [-0.2, 0) is 18.4 Å². The molecular formula is C18H33N5O. The first kappa shape index (κ1) is 18.8. The molecule has 1 amide bonds. The largest absolute Gasteiger partial charge is 0.363 e. The van der Waals surface area contributed by atoms with Crippen LogP contribution in [0.3, 0.4) is 0 Å². The Labute approximate surface area is 146 Å². The molecule has 1 atom stereocenters. The van der Waals surface area contributed by atoms with Crippen LogP contribution in [0.25, 0.3) is 0 Å². The van der Waals surface area contributed by atoms with Crippen LogP contribution < -0.4 is 10.2 Å². The van der Waals surface area contributed by atoms with E-state index in [1.165, 1.54) is 12.0 Å².